The second-order valence-electron chi connectivity index (χ2n) is 4.38. The second-order valence-corrected chi connectivity index (χ2v) is 4.38. The summed E-state index contributed by atoms with van der Waals surface area (Å²) in [5, 5.41) is 0. The van der Waals surface area contributed by atoms with Gasteiger partial charge < -0.3 is 4.90 Å². The largest absolute Gasteiger partial charge is 0.302 e. The van der Waals surface area contributed by atoms with Gasteiger partial charge in [-0.15, -0.1) is 6.92 Å². The lowest BCUT2D eigenvalue weighted by Crippen LogP contribution is -2.30. The Balaban J connectivity index is 3.44. The summed E-state index contributed by atoms with van der Waals surface area (Å²) in [4.78, 5) is 2.35. The van der Waals surface area contributed by atoms with E-state index in [-0.39, 0.29) is 0 Å². The molecule has 11 heavy (non-hydrogen) atoms. The summed E-state index contributed by atoms with van der Waals surface area (Å²) >= 11 is 0. The van der Waals surface area contributed by atoms with Crippen LogP contribution in [0.15, 0.2) is 0 Å². The average molecular weight is 155 g/mol. The van der Waals surface area contributed by atoms with Gasteiger partial charge in [0.1, 0.15) is 0 Å². The zero-order chi connectivity index (χ0) is 8.91. The van der Waals surface area contributed by atoms with E-state index < -0.39 is 0 Å². The highest BCUT2D eigenvalue weighted by Crippen LogP contribution is 2.13. The lowest BCUT2D eigenvalue weighted by atomic mass is 9.96. The van der Waals surface area contributed by atoms with Crippen molar-refractivity contribution in [3.05, 3.63) is 13.3 Å². The van der Waals surface area contributed by atoms with E-state index in [1.165, 1.54) is 0 Å². The maximum Gasteiger partial charge on any atom is 0.0696 e. The van der Waals surface area contributed by atoms with E-state index in [2.05, 4.69) is 39.6 Å². The highest BCUT2D eigenvalue weighted by atomic mass is 15.1. The minimum atomic E-state index is 0.413. The van der Waals surface area contributed by atoms with E-state index in [4.69, 9.17) is 0 Å². The Hall–Kier alpha value is -0.170. The Morgan fingerprint density at radius 1 is 1.36 bits per heavy atom. The molecule has 0 saturated heterocycles. The summed E-state index contributed by atoms with van der Waals surface area (Å²) in [5.74, 6) is 0. The summed E-state index contributed by atoms with van der Waals surface area (Å²) in [7, 11) is 2.16. The Bertz CT molecular complexity index is 91.5. The van der Waals surface area contributed by atoms with E-state index in [0.717, 1.165) is 19.5 Å². The van der Waals surface area contributed by atoms with Crippen molar-refractivity contribution in [3.63, 3.8) is 0 Å². The van der Waals surface area contributed by atoms with Crippen molar-refractivity contribution in [2.45, 2.75) is 27.2 Å². The van der Waals surface area contributed by atoms with E-state index in [0.29, 0.717) is 5.41 Å². The number of rotatable bonds is 4. The highest BCUT2D eigenvalue weighted by Gasteiger charge is 2.12. The summed E-state index contributed by atoms with van der Waals surface area (Å²) in [5.41, 5.74) is 0.413. The van der Waals surface area contributed by atoms with Crippen molar-refractivity contribution in [2.75, 3.05) is 20.1 Å². The van der Waals surface area contributed by atoms with Crippen molar-refractivity contribution in [1.29, 1.82) is 0 Å². The molecule has 0 N–H and O–H groups in total. The zero-order valence-electron chi connectivity index (χ0n) is 8.35. The van der Waals surface area contributed by atoms with Crippen molar-refractivity contribution in [1.82, 2.24) is 4.90 Å². The molecule has 1 nitrogen and oxygen atoms in total. The molecule has 0 aromatic heterocycles. The molecule has 0 aliphatic rings. The third-order valence-electron chi connectivity index (χ3n) is 1.46. The fraction of sp³-hybridized carbons (Fsp3) is 0.800. The van der Waals surface area contributed by atoms with Gasteiger partial charge in [0, 0.05) is 13.1 Å². The Kier molecular flexibility index (Phi) is 4.58. The van der Waals surface area contributed by atoms with Gasteiger partial charge in [-0.25, -0.2) is 0 Å². The molecule has 0 rings (SSSR count). The zero-order valence-corrected chi connectivity index (χ0v) is 8.35. The van der Waals surface area contributed by atoms with Gasteiger partial charge in [-0.05, 0) is 12.5 Å². The Morgan fingerprint density at radius 2 is 1.91 bits per heavy atom. The molecule has 66 valence electrons. The van der Waals surface area contributed by atoms with Crippen LogP contribution in [-0.4, -0.2) is 25.0 Å². The SMILES string of the molecule is [CH2-][CH+]CCN(C)CC(C)(C)C. The van der Waals surface area contributed by atoms with Gasteiger partial charge in [-0.1, -0.05) is 27.2 Å². The van der Waals surface area contributed by atoms with Crippen LogP contribution >= 0.6 is 0 Å². The molecule has 0 aromatic carbocycles. The molecule has 0 spiro atoms. The summed E-state index contributed by atoms with van der Waals surface area (Å²) in [6.45, 7) is 12.8. The smallest absolute Gasteiger partial charge is 0.0696 e. The molecule has 0 heterocycles. The molecular weight excluding hydrogens is 134 g/mol. The molecule has 1 heteroatoms. The quantitative estimate of drug-likeness (QED) is 0.563. The molecule has 0 unspecified atom stereocenters. The van der Waals surface area contributed by atoms with Gasteiger partial charge in [0.05, 0.1) is 6.42 Å². The monoisotopic (exact) mass is 155 g/mol. The minimum Gasteiger partial charge on any atom is -0.302 e. The summed E-state index contributed by atoms with van der Waals surface area (Å²) in [6.07, 6.45) is 3.06. The lowest BCUT2D eigenvalue weighted by molar-refractivity contribution is 0.229. The Morgan fingerprint density at radius 3 is 2.27 bits per heavy atom. The fourth-order valence-electron chi connectivity index (χ4n) is 1.20. The van der Waals surface area contributed by atoms with Crippen molar-refractivity contribution in [2.24, 2.45) is 5.41 Å². The molecule has 0 amide bonds. The first-order valence-corrected chi connectivity index (χ1v) is 4.25. The number of nitrogens with zero attached hydrogens (tertiary/aromatic N) is 1. The van der Waals surface area contributed by atoms with Gasteiger partial charge >= 0.3 is 0 Å². The molecule has 0 atom stereocenters. The van der Waals surface area contributed by atoms with Crippen LogP contribution in [0.3, 0.4) is 0 Å². The number of hydrogen-bond acceptors (Lipinski definition) is 1. The molecule has 0 aliphatic heterocycles. The molecule has 0 saturated carbocycles. The van der Waals surface area contributed by atoms with Gasteiger partial charge in [0.15, 0.2) is 0 Å². The molecule has 0 bridgehead atoms. The summed E-state index contributed by atoms with van der Waals surface area (Å²) in [6, 6.07) is 0. The first kappa shape index (κ1) is 10.8. The first-order valence-electron chi connectivity index (χ1n) is 4.25. The van der Waals surface area contributed by atoms with Crippen molar-refractivity contribution in [3.8, 4) is 0 Å². The number of unbranched alkanes of at least 4 members (excludes halogenated alkanes) is 1. The van der Waals surface area contributed by atoms with E-state index in [9.17, 15) is 0 Å². The normalized spacial score (nSPS) is 12.2. The minimum absolute atomic E-state index is 0.413. The molecular formula is C10H21N. The maximum absolute atomic E-state index is 3.70. The van der Waals surface area contributed by atoms with Crippen LogP contribution < -0.4 is 0 Å². The van der Waals surface area contributed by atoms with Crippen LogP contribution in [0.25, 0.3) is 0 Å². The van der Waals surface area contributed by atoms with E-state index in [1.54, 1.807) is 0 Å². The highest BCUT2D eigenvalue weighted by molar-refractivity contribution is 4.71. The van der Waals surface area contributed by atoms with Crippen LogP contribution in [0.4, 0.5) is 0 Å². The summed E-state index contributed by atoms with van der Waals surface area (Å²) < 4.78 is 0. The van der Waals surface area contributed by atoms with E-state index in [1.807, 2.05) is 6.42 Å². The number of hydrogen-bond donors (Lipinski definition) is 0. The fourth-order valence-corrected chi connectivity index (χ4v) is 1.20. The third-order valence-corrected chi connectivity index (χ3v) is 1.46. The van der Waals surface area contributed by atoms with Crippen LogP contribution in [0.2, 0.25) is 0 Å². The van der Waals surface area contributed by atoms with Gasteiger partial charge in [-0.3, -0.25) is 0 Å². The van der Waals surface area contributed by atoms with E-state index >= 15 is 0 Å². The lowest BCUT2D eigenvalue weighted by Gasteiger charge is -2.25. The molecule has 0 aliphatic carbocycles. The van der Waals surface area contributed by atoms with Gasteiger partial charge in [-0.2, -0.15) is 0 Å². The molecule has 0 fully saturated rings. The maximum atomic E-state index is 3.70. The van der Waals surface area contributed by atoms with Crippen molar-refractivity contribution >= 4 is 0 Å². The van der Waals surface area contributed by atoms with Crippen LogP contribution in [0.1, 0.15) is 27.2 Å². The molecule has 0 aromatic rings. The Labute approximate surface area is 71.8 Å². The van der Waals surface area contributed by atoms with Crippen LogP contribution in [0, 0.1) is 18.8 Å². The average Bonchev–Trinajstić information content (AvgIpc) is 1.79. The first-order chi connectivity index (χ1) is 4.95. The third kappa shape index (κ3) is 7.73. The predicted octanol–water partition coefficient (Wildman–Crippen LogP) is 2.39. The predicted molar refractivity (Wildman–Crippen MR) is 51.2 cm³/mol. The van der Waals surface area contributed by atoms with Crippen LogP contribution in [0.5, 0.6) is 0 Å². The van der Waals surface area contributed by atoms with Gasteiger partial charge in [0.25, 0.3) is 0 Å². The standard InChI is InChI=1S/C10H21N/c1-6-7-8-11(5)9-10(2,3)4/h6H,1,7-9H2,2-5H3. The van der Waals surface area contributed by atoms with Crippen molar-refractivity contribution < 1.29 is 0 Å². The van der Waals surface area contributed by atoms with Gasteiger partial charge in [0.2, 0.25) is 0 Å². The van der Waals surface area contributed by atoms with Crippen LogP contribution in [-0.2, 0) is 0 Å². The second kappa shape index (κ2) is 4.66. The molecule has 0 radical (unpaired) electrons. The topological polar surface area (TPSA) is 3.24 Å².